The maximum Gasteiger partial charge on any atom is 0.341 e. The van der Waals surface area contributed by atoms with Crippen molar-refractivity contribution in [2.24, 2.45) is 0 Å². The molecule has 29 heavy (non-hydrogen) atoms. The number of aryl methyl sites for hydroxylation is 2. The maximum absolute atomic E-state index is 12.8. The molecule has 0 fully saturated rings. The smallest absolute Gasteiger partial charge is 0.341 e. The van der Waals surface area contributed by atoms with Gasteiger partial charge in [0, 0.05) is 16.6 Å². The third kappa shape index (κ3) is 4.32. The van der Waals surface area contributed by atoms with Crippen LogP contribution in [0.5, 0.6) is 0 Å². The Bertz CT molecular complexity index is 1120. The van der Waals surface area contributed by atoms with E-state index < -0.39 is 18.0 Å². The lowest BCUT2D eigenvalue weighted by Gasteiger charge is -2.16. The van der Waals surface area contributed by atoms with Crippen molar-refractivity contribution < 1.29 is 19.1 Å². The van der Waals surface area contributed by atoms with Gasteiger partial charge in [0.15, 0.2) is 11.9 Å². The number of carbonyl (C=O) groups is 3. The summed E-state index contributed by atoms with van der Waals surface area (Å²) >= 11 is 0. The van der Waals surface area contributed by atoms with Gasteiger partial charge < -0.3 is 10.1 Å². The first-order valence-corrected chi connectivity index (χ1v) is 9.26. The van der Waals surface area contributed by atoms with Crippen molar-refractivity contribution in [1.29, 1.82) is 0 Å². The standard InChI is InChI=1S/C23H22N2O4/c1-13-19-10-5-6-11-20(19)24-14(2)21(13)23(28)29-16(4)22(27)25-18-9-7-8-17(12-18)15(3)26/h5-12,16H,1-4H3,(H,25,27)/t16-/m1/s1. The molecule has 0 aliphatic rings. The van der Waals surface area contributed by atoms with Gasteiger partial charge in [-0.1, -0.05) is 30.3 Å². The highest BCUT2D eigenvalue weighted by molar-refractivity contribution is 6.01. The Hall–Kier alpha value is -3.54. The quantitative estimate of drug-likeness (QED) is 0.520. The fourth-order valence-electron chi connectivity index (χ4n) is 3.16. The van der Waals surface area contributed by atoms with Crippen LogP contribution in [0.3, 0.4) is 0 Å². The Labute approximate surface area is 168 Å². The Kier molecular flexibility index (Phi) is 5.73. The monoisotopic (exact) mass is 390 g/mol. The fraction of sp³-hybridized carbons (Fsp3) is 0.217. The number of aromatic nitrogens is 1. The zero-order valence-electron chi connectivity index (χ0n) is 16.8. The first-order valence-electron chi connectivity index (χ1n) is 9.26. The van der Waals surface area contributed by atoms with Crippen molar-refractivity contribution in [2.45, 2.75) is 33.8 Å². The molecule has 1 amide bonds. The van der Waals surface area contributed by atoms with Gasteiger partial charge in [0.2, 0.25) is 0 Å². The van der Waals surface area contributed by atoms with Crippen LogP contribution in [-0.2, 0) is 9.53 Å². The van der Waals surface area contributed by atoms with E-state index in [1.165, 1.54) is 13.8 Å². The van der Waals surface area contributed by atoms with E-state index in [1.54, 1.807) is 31.2 Å². The minimum atomic E-state index is -1.02. The van der Waals surface area contributed by atoms with E-state index in [2.05, 4.69) is 10.3 Å². The molecular weight excluding hydrogens is 368 g/mol. The summed E-state index contributed by atoms with van der Waals surface area (Å²) < 4.78 is 5.40. The van der Waals surface area contributed by atoms with Gasteiger partial charge in [-0.3, -0.25) is 14.6 Å². The van der Waals surface area contributed by atoms with Crippen LogP contribution < -0.4 is 5.32 Å². The van der Waals surface area contributed by atoms with E-state index in [9.17, 15) is 14.4 Å². The first-order chi connectivity index (χ1) is 13.8. The normalized spacial score (nSPS) is 11.7. The average Bonchev–Trinajstić information content (AvgIpc) is 2.68. The number of para-hydroxylation sites is 1. The summed E-state index contributed by atoms with van der Waals surface area (Å²) in [5.74, 6) is -1.18. The number of ether oxygens (including phenoxy) is 1. The van der Waals surface area contributed by atoms with Gasteiger partial charge in [-0.25, -0.2) is 4.79 Å². The van der Waals surface area contributed by atoms with Crippen LogP contribution >= 0.6 is 0 Å². The predicted molar refractivity (Wildman–Crippen MR) is 111 cm³/mol. The first kappa shape index (κ1) is 20.2. The minimum absolute atomic E-state index is 0.102. The number of Topliss-reactive ketones (excluding diaryl/α,β-unsaturated/α-hetero) is 1. The van der Waals surface area contributed by atoms with E-state index >= 15 is 0 Å². The molecule has 1 heterocycles. The van der Waals surface area contributed by atoms with Crippen molar-refractivity contribution in [1.82, 2.24) is 4.98 Å². The molecule has 3 aromatic rings. The number of nitrogens with one attached hydrogen (secondary N) is 1. The third-order valence-electron chi connectivity index (χ3n) is 4.73. The molecule has 0 saturated heterocycles. The number of benzene rings is 2. The molecule has 1 N–H and O–H groups in total. The molecule has 0 bridgehead atoms. The van der Waals surface area contributed by atoms with Crippen molar-refractivity contribution in [3.05, 3.63) is 70.9 Å². The SMILES string of the molecule is CC(=O)c1cccc(NC(=O)[C@@H](C)OC(=O)c2c(C)nc3ccccc3c2C)c1. The summed E-state index contributed by atoms with van der Waals surface area (Å²) in [6.45, 7) is 6.54. The van der Waals surface area contributed by atoms with Crippen molar-refractivity contribution >= 4 is 34.3 Å². The third-order valence-corrected chi connectivity index (χ3v) is 4.73. The molecule has 0 radical (unpaired) electrons. The number of hydrogen-bond donors (Lipinski definition) is 1. The van der Waals surface area contributed by atoms with Crippen molar-refractivity contribution in [2.75, 3.05) is 5.32 Å². The average molecular weight is 390 g/mol. The largest absolute Gasteiger partial charge is 0.449 e. The number of anilines is 1. The van der Waals surface area contributed by atoms with Gasteiger partial charge in [-0.15, -0.1) is 0 Å². The number of amides is 1. The Balaban J connectivity index is 1.77. The van der Waals surface area contributed by atoms with Gasteiger partial charge in [-0.2, -0.15) is 0 Å². The molecule has 6 nitrogen and oxygen atoms in total. The highest BCUT2D eigenvalue weighted by Gasteiger charge is 2.23. The number of ketones is 1. The van der Waals surface area contributed by atoms with Gasteiger partial charge in [0.25, 0.3) is 5.91 Å². The zero-order chi connectivity index (χ0) is 21.1. The molecule has 1 aromatic heterocycles. The molecule has 1 atom stereocenters. The van der Waals surface area contributed by atoms with E-state index in [4.69, 9.17) is 4.74 Å². The Morgan fingerprint density at radius 3 is 2.48 bits per heavy atom. The lowest BCUT2D eigenvalue weighted by atomic mass is 10.0. The predicted octanol–water partition coefficient (Wildman–Crippen LogP) is 4.24. The number of rotatable bonds is 5. The molecule has 3 rings (SSSR count). The molecule has 0 spiro atoms. The van der Waals surface area contributed by atoms with Crippen LogP contribution in [0.2, 0.25) is 0 Å². The molecule has 0 aliphatic carbocycles. The van der Waals surface area contributed by atoms with Crippen LogP contribution in [0.25, 0.3) is 10.9 Å². The summed E-state index contributed by atoms with van der Waals surface area (Å²) in [6.07, 6.45) is -1.02. The number of hydrogen-bond acceptors (Lipinski definition) is 5. The highest BCUT2D eigenvalue weighted by Crippen LogP contribution is 2.23. The molecule has 0 saturated carbocycles. The molecule has 0 unspecified atom stereocenters. The van der Waals surface area contributed by atoms with E-state index in [-0.39, 0.29) is 5.78 Å². The number of carbonyl (C=O) groups excluding carboxylic acids is 3. The Morgan fingerprint density at radius 2 is 1.76 bits per heavy atom. The van der Waals surface area contributed by atoms with Crippen LogP contribution in [0.15, 0.2) is 48.5 Å². The topological polar surface area (TPSA) is 85.4 Å². The van der Waals surface area contributed by atoms with E-state index in [0.717, 1.165) is 16.5 Å². The molecule has 0 aliphatic heterocycles. The summed E-state index contributed by atoms with van der Waals surface area (Å²) in [5.41, 5.74) is 3.43. The number of fused-ring (bicyclic) bond motifs is 1. The molecule has 2 aromatic carbocycles. The molecular formula is C23H22N2O4. The number of pyridine rings is 1. The van der Waals surface area contributed by atoms with Crippen molar-refractivity contribution in [3.63, 3.8) is 0 Å². The Morgan fingerprint density at radius 1 is 1.03 bits per heavy atom. The van der Waals surface area contributed by atoms with Gasteiger partial charge >= 0.3 is 5.97 Å². The molecule has 148 valence electrons. The lowest BCUT2D eigenvalue weighted by molar-refractivity contribution is -0.123. The van der Waals surface area contributed by atoms with Crippen LogP contribution in [0.4, 0.5) is 5.69 Å². The van der Waals surface area contributed by atoms with E-state index in [0.29, 0.717) is 22.5 Å². The summed E-state index contributed by atoms with van der Waals surface area (Å²) in [6, 6.07) is 14.1. The fourth-order valence-corrected chi connectivity index (χ4v) is 3.16. The number of nitrogens with zero attached hydrogens (tertiary/aromatic N) is 1. The second-order valence-electron chi connectivity index (χ2n) is 6.89. The summed E-state index contributed by atoms with van der Waals surface area (Å²) in [5, 5.41) is 3.53. The van der Waals surface area contributed by atoms with Crippen LogP contribution in [0.1, 0.15) is 45.8 Å². The van der Waals surface area contributed by atoms with Crippen molar-refractivity contribution in [3.8, 4) is 0 Å². The van der Waals surface area contributed by atoms with Gasteiger partial charge in [0.1, 0.15) is 0 Å². The van der Waals surface area contributed by atoms with Gasteiger partial charge in [0.05, 0.1) is 16.8 Å². The highest BCUT2D eigenvalue weighted by atomic mass is 16.5. The van der Waals surface area contributed by atoms with E-state index in [1.807, 2.05) is 31.2 Å². The second kappa shape index (κ2) is 8.22. The summed E-state index contributed by atoms with van der Waals surface area (Å²) in [4.78, 5) is 41.2. The van der Waals surface area contributed by atoms with Gasteiger partial charge in [-0.05, 0) is 51.5 Å². The minimum Gasteiger partial charge on any atom is -0.449 e. The van der Waals surface area contributed by atoms with Crippen LogP contribution in [0, 0.1) is 13.8 Å². The maximum atomic E-state index is 12.8. The zero-order valence-corrected chi connectivity index (χ0v) is 16.8. The lowest BCUT2D eigenvalue weighted by Crippen LogP contribution is -2.30. The van der Waals surface area contributed by atoms with Crippen LogP contribution in [-0.4, -0.2) is 28.7 Å². The summed E-state index contributed by atoms with van der Waals surface area (Å²) in [7, 11) is 0. The number of esters is 1. The molecule has 6 heteroatoms. The second-order valence-corrected chi connectivity index (χ2v) is 6.89.